The molecule has 1 aromatic heterocycles. The van der Waals surface area contributed by atoms with Gasteiger partial charge in [-0.25, -0.2) is 0 Å². The summed E-state index contributed by atoms with van der Waals surface area (Å²) < 4.78 is 6.18. The summed E-state index contributed by atoms with van der Waals surface area (Å²) in [5, 5.41) is 19.9. The van der Waals surface area contributed by atoms with E-state index in [1.165, 1.54) is 5.56 Å². The number of fused-ring (bicyclic) bond motifs is 1. The molecule has 0 amide bonds. The van der Waals surface area contributed by atoms with Crippen LogP contribution in [0, 0.1) is 13.8 Å². The first-order valence-electron chi connectivity index (χ1n) is 9.70. The average Bonchev–Trinajstić information content (AvgIpc) is 2.70. The van der Waals surface area contributed by atoms with E-state index in [2.05, 4.69) is 4.90 Å². The van der Waals surface area contributed by atoms with Crippen molar-refractivity contribution in [3.8, 4) is 11.5 Å². The summed E-state index contributed by atoms with van der Waals surface area (Å²) in [5.74, 6) is 1.39. The molecule has 0 radical (unpaired) electrons. The highest BCUT2D eigenvalue weighted by atomic mass is 16.3. The highest BCUT2D eigenvalue weighted by Gasteiger charge is 2.26. The standard InChI is InChI=1S/C23H25NO4/c1-14-20(26)8-7-19-21(27)15(2)22(28-23(14)19)17-9-11-24(12-10-17)13-16-3-5-18(25)6-4-16/h3-8,17,25-26H,9-13H2,1-2H3. The highest BCUT2D eigenvalue weighted by molar-refractivity contribution is 5.82. The predicted octanol–water partition coefficient (Wildman–Crippen LogP) is 4.20. The van der Waals surface area contributed by atoms with Crippen molar-refractivity contribution >= 4 is 11.0 Å². The first-order chi connectivity index (χ1) is 13.4. The summed E-state index contributed by atoms with van der Waals surface area (Å²) >= 11 is 0. The van der Waals surface area contributed by atoms with Gasteiger partial charge in [0.1, 0.15) is 22.8 Å². The van der Waals surface area contributed by atoms with Gasteiger partial charge in [-0.3, -0.25) is 9.69 Å². The maximum atomic E-state index is 12.8. The number of phenolic OH excluding ortho intramolecular Hbond substituents is 2. The number of aryl methyl sites for hydroxylation is 1. The van der Waals surface area contributed by atoms with Gasteiger partial charge in [0, 0.05) is 23.6 Å². The van der Waals surface area contributed by atoms with Crippen LogP contribution < -0.4 is 5.43 Å². The predicted molar refractivity (Wildman–Crippen MR) is 109 cm³/mol. The van der Waals surface area contributed by atoms with Gasteiger partial charge in [0.2, 0.25) is 0 Å². The minimum atomic E-state index is -0.00845. The third-order valence-corrected chi connectivity index (χ3v) is 5.85. The monoisotopic (exact) mass is 379 g/mol. The molecule has 5 nitrogen and oxygen atoms in total. The van der Waals surface area contributed by atoms with Crippen molar-refractivity contribution in [1.29, 1.82) is 0 Å². The van der Waals surface area contributed by atoms with E-state index < -0.39 is 0 Å². The van der Waals surface area contributed by atoms with Crippen molar-refractivity contribution in [2.75, 3.05) is 13.1 Å². The van der Waals surface area contributed by atoms with E-state index in [0.717, 1.165) is 38.2 Å². The largest absolute Gasteiger partial charge is 0.508 e. The van der Waals surface area contributed by atoms with Crippen molar-refractivity contribution in [2.45, 2.75) is 39.2 Å². The van der Waals surface area contributed by atoms with Crippen molar-refractivity contribution in [3.63, 3.8) is 0 Å². The fraction of sp³-hybridized carbons (Fsp3) is 0.348. The van der Waals surface area contributed by atoms with Gasteiger partial charge in [0.05, 0.1) is 5.39 Å². The topological polar surface area (TPSA) is 73.9 Å². The maximum absolute atomic E-state index is 12.8. The van der Waals surface area contributed by atoms with E-state index >= 15 is 0 Å². The van der Waals surface area contributed by atoms with Crippen molar-refractivity contribution < 1.29 is 14.6 Å². The molecule has 0 bridgehead atoms. The molecule has 4 rings (SSSR count). The van der Waals surface area contributed by atoms with Crippen LogP contribution in [0.5, 0.6) is 11.5 Å². The molecule has 28 heavy (non-hydrogen) atoms. The van der Waals surface area contributed by atoms with E-state index in [-0.39, 0.29) is 22.8 Å². The number of aromatic hydroxyl groups is 2. The van der Waals surface area contributed by atoms with Gasteiger partial charge in [0.15, 0.2) is 5.43 Å². The lowest BCUT2D eigenvalue weighted by Gasteiger charge is -2.32. The zero-order valence-corrected chi connectivity index (χ0v) is 16.2. The fourth-order valence-electron chi connectivity index (χ4n) is 4.09. The molecule has 3 aromatic rings. The van der Waals surface area contributed by atoms with Gasteiger partial charge in [-0.15, -0.1) is 0 Å². The average molecular weight is 379 g/mol. The van der Waals surface area contributed by atoms with Crippen LogP contribution in [0.3, 0.4) is 0 Å². The van der Waals surface area contributed by atoms with E-state index in [9.17, 15) is 15.0 Å². The Bertz CT molecular complexity index is 1060. The van der Waals surface area contributed by atoms with Crippen LogP contribution in [0.25, 0.3) is 11.0 Å². The van der Waals surface area contributed by atoms with Crippen molar-refractivity contribution in [3.05, 3.63) is 69.1 Å². The van der Waals surface area contributed by atoms with Crippen LogP contribution in [0.15, 0.2) is 45.6 Å². The van der Waals surface area contributed by atoms with Gasteiger partial charge >= 0.3 is 0 Å². The molecular weight excluding hydrogens is 354 g/mol. The number of nitrogens with zero attached hydrogens (tertiary/aromatic N) is 1. The summed E-state index contributed by atoms with van der Waals surface area (Å²) in [6.45, 7) is 6.31. The molecule has 0 unspecified atom stereocenters. The van der Waals surface area contributed by atoms with Gasteiger partial charge in [-0.1, -0.05) is 12.1 Å². The van der Waals surface area contributed by atoms with Crippen LogP contribution in [0.4, 0.5) is 0 Å². The second-order valence-electron chi connectivity index (χ2n) is 7.72. The number of piperidine rings is 1. The van der Waals surface area contributed by atoms with Gasteiger partial charge in [0.25, 0.3) is 0 Å². The molecule has 1 fully saturated rings. The lowest BCUT2D eigenvalue weighted by atomic mass is 9.91. The van der Waals surface area contributed by atoms with E-state index in [1.54, 1.807) is 31.2 Å². The molecule has 146 valence electrons. The summed E-state index contributed by atoms with van der Waals surface area (Å²) in [6, 6.07) is 10.5. The minimum Gasteiger partial charge on any atom is -0.508 e. The number of benzene rings is 2. The quantitative estimate of drug-likeness (QED) is 0.713. The van der Waals surface area contributed by atoms with Crippen molar-refractivity contribution in [2.24, 2.45) is 0 Å². The summed E-state index contributed by atoms with van der Waals surface area (Å²) in [6.07, 6.45) is 1.84. The summed E-state index contributed by atoms with van der Waals surface area (Å²) in [4.78, 5) is 15.2. The molecule has 2 heterocycles. The molecule has 1 saturated heterocycles. The van der Waals surface area contributed by atoms with E-state index in [0.29, 0.717) is 22.1 Å². The Morgan fingerprint density at radius 2 is 1.68 bits per heavy atom. The Hall–Kier alpha value is -2.79. The van der Waals surface area contributed by atoms with Gasteiger partial charge in [-0.05, 0) is 69.6 Å². The number of phenols is 2. The van der Waals surface area contributed by atoms with Crippen LogP contribution >= 0.6 is 0 Å². The van der Waals surface area contributed by atoms with Crippen molar-refractivity contribution in [1.82, 2.24) is 4.90 Å². The first kappa shape index (κ1) is 18.6. The highest BCUT2D eigenvalue weighted by Crippen LogP contribution is 2.34. The molecule has 1 aliphatic rings. The Morgan fingerprint density at radius 1 is 1.00 bits per heavy atom. The Morgan fingerprint density at radius 3 is 2.36 bits per heavy atom. The molecule has 0 saturated carbocycles. The van der Waals surface area contributed by atoms with Crippen LogP contribution in [0.2, 0.25) is 0 Å². The molecule has 2 N–H and O–H groups in total. The molecular formula is C23H25NO4. The third kappa shape index (κ3) is 3.38. The number of hydrogen-bond donors (Lipinski definition) is 2. The maximum Gasteiger partial charge on any atom is 0.195 e. The Balaban J connectivity index is 1.55. The lowest BCUT2D eigenvalue weighted by Crippen LogP contribution is -2.33. The summed E-state index contributed by atoms with van der Waals surface area (Å²) in [5.41, 5.74) is 2.95. The normalized spacial score (nSPS) is 15.9. The molecule has 5 heteroatoms. The molecule has 0 aliphatic carbocycles. The second-order valence-corrected chi connectivity index (χ2v) is 7.72. The molecule has 2 aromatic carbocycles. The van der Waals surface area contributed by atoms with Gasteiger partial charge < -0.3 is 14.6 Å². The summed E-state index contributed by atoms with van der Waals surface area (Å²) in [7, 11) is 0. The minimum absolute atomic E-state index is 0.00845. The first-order valence-corrected chi connectivity index (χ1v) is 9.70. The lowest BCUT2D eigenvalue weighted by molar-refractivity contribution is 0.195. The van der Waals surface area contributed by atoms with Gasteiger partial charge in [-0.2, -0.15) is 0 Å². The van der Waals surface area contributed by atoms with E-state index in [1.807, 2.05) is 19.1 Å². The zero-order chi connectivity index (χ0) is 19.8. The van der Waals surface area contributed by atoms with E-state index in [4.69, 9.17) is 4.42 Å². The molecule has 1 aliphatic heterocycles. The number of rotatable bonds is 3. The zero-order valence-electron chi connectivity index (χ0n) is 16.2. The smallest absolute Gasteiger partial charge is 0.195 e. The number of likely N-dealkylation sites (tertiary alicyclic amines) is 1. The molecule has 0 atom stereocenters. The van der Waals surface area contributed by atoms with Crippen LogP contribution in [-0.4, -0.2) is 28.2 Å². The molecule has 0 spiro atoms. The van der Waals surface area contributed by atoms with Crippen LogP contribution in [0.1, 0.15) is 41.2 Å². The second kappa shape index (κ2) is 7.32. The van der Waals surface area contributed by atoms with Crippen LogP contribution in [-0.2, 0) is 6.54 Å². The fourth-order valence-corrected chi connectivity index (χ4v) is 4.09. The SMILES string of the molecule is Cc1c(C2CCN(Cc3ccc(O)cc3)CC2)oc2c(C)c(O)ccc2c1=O. The third-order valence-electron chi connectivity index (χ3n) is 5.85. The Labute approximate surface area is 163 Å². The number of hydrogen-bond acceptors (Lipinski definition) is 5. The Kier molecular flexibility index (Phi) is 4.85.